The first-order valence-corrected chi connectivity index (χ1v) is 8.34. The van der Waals surface area contributed by atoms with Crippen LogP contribution in [0, 0.1) is 5.92 Å². The summed E-state index contributed by atoms with van der Waals surface area (Å²) in [6.45, 7) is 2.77. The fourth-order valence-electron chi connectivity index (χ4n) is 2.65. The van der Waals surface area contributed by atoms with Crippen LogP contribution in [0.4, 0.5) is 0 Å². The van der Waals surface area contributed by atoms with E-state index < -0.39 is 0 Å². The molecule has 3 rings (SSSR count). The van der Waals surface area contributed by atoms with E-state index in [4.69, 9.17) is 0 Å². The lowest BCUT2D eigenvalue weighted by Crippen LogP contribution is -2.28. The van der Waals surface area contributed by atoms with E-state index in [-0.39, 0.29) is 5.91 Å². The average Bonchev–Trinajstić information content (AvgIpc) is 3.06. The molecule has 4 nitrogen and oxygen atoms in total. The maximum absolute atomic E-state index is 12.0. The Morgan fingerprint density at radius 3 is 2.81 bits per heavy atom. The minimum atomic E-state index is 0.113. The standard InChI is InChI=1S/C16H19N3OS/c1-12-6-5-9-14(12)17-18-16-19(15(20)11-21-16)10-13-7-3-2-4-8-13/h2-4,7-8,12H,5-6,9-11H2,1H3/b17-14-,18-16+. The SMILES string of the molecule is CC1CCC/C1=N/N=C1/SCC(=O)N1Cc1ccccc1. The molecule has 1 aliphatic heterocycles. The van der Waals surface area contributed by atoms with Gasteiger partial charge in [-0.2, -0.15) is 5.10 Å². The number of hydrogen-bond acceptors (Lipinski definition) is 4. The summed E-state index contributed by atoms with van der Waals surface area (Å²) in [4.78, 5) is 13.8. The van der Waals surface area contributed by atoms with Gasteiger partial charge in [0.15, 0.2) is 5.17 Å². The number of amidine groups is 1. The van der Waals surface area contributed by atoms with Gasteiger partial charge < -0.3 is 0 Å². The van der Waals surface area contributed by atoms with Crippen molar-refractivity contribution in [3.05, 3.63) is 35.9 Å². The van der Waals surface area contributed by atoms with Gasteiger partial charge in [-0.15, -0.1) is 5.10 Å². The van der Waals surface area contributed by atoms with Gasteiger partial charge in [0.2, 0.25) is 5.91 Å². The molecule has 1 atom stereocenters. The number of amides is 1. The molecule has 2 fully saturated rings. The van der Waals surface area contributed by atoms with E-state index in [1.807, 2.05) is 30.3 Å². The summed E-state index contributed by atoms with van der Waals surface area (Å²) >= 11 is 1.48. The topological polar surface area (TPSA) is 45.0 Å². The van der Waals surface area contributed by atoms with Crippen molar-refractivity contribution >= 4 is 28.5 Å². The van der Waals surface area contributed by atoms with Gasteiger partial charge in [0.25, 0.3) is 0 Å². The van der Waals surface area contributed by atoms with E-state index in [1.165, 1.54) is 30.3 Å². The van der Waals surface area contributed by atoms with Crippen LogP contribution in [0.3, 0.4) is 0 Å². The van der Waals surface area contributed by atoms with Crippen LogP contribution in [-0.4, -0.2) is 27.4 Å². The smallest absolute Gasteiger partial charge is 0.239 e. The molecule has 0 radical (unpaired) electrons. The molecule has 5 heteroatoms. The van der Waals surface area contributed by atoms with Crippen molar-refractivity contribution in [2.75, 3.05) is 5.75 Å². The van der Waals surface area contributed by atoms with Crippen LogP contribution in [-0.2, 0) is 11.3 Å². The Morgan fingerprint density at radius 2 is 2.10 bits per heavy atom. The summed E-state index contributed by atoms with van der Waals surface area (Å²) in [5.41, 5.74) is 2.28. The third-order valence-corrected chi connectivity index (χ3v) is 4.89. The van der Waals surface area contributed by atoms with Crippen molar-refractivity contribution in [3.63, 3.8) is 0 Å². The monoisotopic (exact) mass is 301 g/mol. The molecule has 110 valence electrons. The molecule has 1 saturated carbocycles. The normalized spacial score (nSPS) is 26.2. The highest BCUT2D eigenvalue weighted by atomic mass is 32.2. The lowest BCUT2D eigenvalue weighted by Gasteiger charge is -2.15. The van der Waals surface area contributed by atoms with Gasteiger partial charge in [0.1, 0.15) is 0 Å². The minimum Gasteiger partial charge on any atom is -0.285 e. The maximum atomic E-state index is 12.0. The highest BCUT2D eigenvalue weighted by Gasteiger charge is 2.28. The Balaban J connectivity index is 1.76. The van der Waals surface area contributed by atoms with Crippen molar-refractivity contribution in [1.29, 1.82) is 0 Å². The van der Waals surface area contributed by atoms with Crippen LogP contribution in [0.25, 0.3) is 0 Å². The number of carbonyl (C=O) groups is 1. The number of hydrogen-bond donors (Lipinski definition) is 0. The molecule has 1 aliphatic carbocycles. The molecule has 1 aromatic rings. The molecule has 0 aromatic heterocycles. The summed E-state index contributed by atoms with van der Waals surface area (Å²) in [6.07, 6.45) is 3.43. The molecule has 0 bridgehead atoms. The largest absolute Gasteiger partial charge is 0.285 e. The number of thioether (sulfide) groups is 1. The first-order valence-electron chi connectivity index (χ1n) is 7.35. The van der Waals surface area contributed by atoms with Gasteiger partial charge in [0, 0.05) is 5.71 Å². The third kappa shape index (κ3) is 3.35. The molecule has 2 aliphatic rings. The fraction of sp³-hybridized carbons (Fsp3) is 0.438. The van der Waals surface area contributed by atoms with Crippen LogP contribution < -0.4 is 0 Å². The van der Waals surface area contributed by atoms with Crippen LogP contribution >= 0.6 is 11.8 Å². The van der Waals surface area contributed by atoms with Gasteiger partial charge >= 0.3 is 0 Å². The zero-order valence-electron chi connectivity index (χ0n) is 12.2. The zero-order chi connectivity index (χ0) is 14.7. The number of rotatable bonds is 3. The van der Waals surface area contributed by atoms with Crippen molar-refractivity contribution in [1.82, 2.24) is 4.90 Å². The van der Waals surface area contributed by atoms with Crippen LogP contribution in [0.1, 0.15) is 31.7 Å². The Kier molecular flexibility index (Phi) is 4.39. The van der Waals surface area contributed by atoms with Gasteiger partial charge in [-0.1, -0.05) is 49.0 Å². The van der Waals surface area contributed by atoms with Gasteiger partial charge in [0.05, 0.1) is 12.3 Å². The number of benzene rings is 1. The molecular formula is C16H19N3OS. The number of carbonyl (C=O) groups excluding carboxylic acids is 1. The van der Waals surface area contributed by atoms with Crippen LogP contribution in [0.5, 0.6) is 0 Å². The molecule has 1 amide bonds. The minimum absolute atomic E-state index is 0.113. The molecule has 0 spiro atoms. The second kappa shape index (κ2) is 6.43. The highest BCUT2D eigenvalue weighted by Crippen LogP contribution is 2.24. The highest BCUT2D eigenvalue weighted by molar-refractivity contribution is 8.15. The average molecular weight is 301 g/mol. The van der Waals surface area contributed by atoms with Gasteiger partial charge in [-0.3, -0.25) is 9.69 Å². The summed E-state index contributed by atoms with van der Waals surface area (Å²) in [5.74, 6) is 1.10. The molecule has 1 unspecified atom stereocenters. The Hall–Kier alpha value is -1.62. The fourth-order valence-corrected chi connectivity index (χ4v) is 3.48. The van der Waals surface area contributed by atoms with Gasteiger partial charge in [-0.25, -0.2) is 0 Å². The van der Waals surface area contributed by atoms with E-state index >= 15 is 0 Å². The Bertz CT molecular complexity index is 582. The Labute approximate surface area is 129 Å². The lowest BCUT2D eigenvalue weighted by molar-refractivity contribution is -0.124. The second-order valence-corrected chi connectivity index (χ2v) is 6.46. The zero-order valence-corrected chi connectivity index (χ0v) is 13.0. The van der Waals surface area contributed by atoms with E-state index in [0.717, 1.165) is 17.2 Å². The quantitative estimate of drug-likeness (QED) is 0.804. The van der Waals surface area contributed by atoms with E-state index in [1.54, 1.807) is 4.90 Å². The molecule has 1 saturated heterocycles. The van der Waals surface area contributed by atoms with E-state index in [2.05, 4.69) is 17.1 Å². The summed E-state index contributed by atoms with van der Waals surface area (Å²) < 4.78 is 0. The van der Waals surface area contributed by atoms with Crippen LogP contribution in [0.2, 0.25) is 0 Å². The van der Waals surface area contributed by atoms with Gasteiger partial charge in [-0.05, 0) is 30.7 Å². The molecule has 0 N–H and O–H groups in total. The first-order chi connectivity index (χ1) is 10.2. The van der Waals surface area contributed by atoms with Crippen molar-refractivity contribution in [2.24, 2.45) is 16.1 Å². The maximum Gasteiger partial charge on any atom is 0.239 e. The molecule has 1 heterocycles. The second-order valence-electron chi connectivity index (χ2n) is 5.52. The first kappa shape index (κ1) is 14.3. The molecular weight excluding hydrogens is 282 g/mol. The van der Waals surface area contributed by atoms with E-state index in [0.29, 0.717) is 18.2 Å². The van der Waals surface area contributed by atoms with Crippen molar-refractivity contribution in [2.45, 2.75) is 32.7 Å². The molecule has 21 heavy (non-hydrogen) atoms. The number of nitrogens with zero attached hydrogens (tertiary/aromatic N) is 3. The summed E-state index contributed by atoms with van der Waals surface area (Å²) in [5, 5.41) is 9.49. The predicted molar refractivity (Wildman–Crippen MR) is 87.3 cm³/mol. The summed E-state index contributed by atoms with van der Waals surface area (Å²) in [6, 6.07) is 10.0. The van der Waals surface area contributed by atoms with Crippen molar-refractivity contribution < 1.29 is 4.79 Å². The lowest BCUT2D eigenvalue weighted by atomic mass is 10.1. The van der Waals surface area contributed by atoms with Crippen molar-refractivity contribution in [3.8, 4) is 0 Å². The molecule has 1 aromatic carbocycles. The van der Waals surface area contributed by atoms with Crippen LogP contribution in [0.15, 0.2) is 40.5 Å². The Morgan fingerprint density at radius 1 is 1.29 bits per heavy atom. The predicted octanol–water partition coefficient (Wildman–Crippen LogP) is 3.29. The van der Waals surface area contributed by atoms with E-state index in [9.17, 15) is 4.79 Å². The third-order valence-electron chi connectivity index (χ3n) is 3.94. The summed E-state index contributed by atoms with van der Waals surface area (Å²) in [7, 11) is 0.